The molecule has 2 atom stereocenters. The van der Waals surface area contributed by atoms with Gasteiger partial charge in [-0.1, -0.05) is 56.3 Å². The van der Waals surface area contributed by atoms with Crippen molar-refractivity contribution in [2.45, 2.75) is 65.9 Å². The summed E-state index contributed by atoms with van der Waals surface area (Å²) in [7, 11) is 0. The second-order valence-electron chi connectivity index (χ2n) is 7.98. The number of ether oxygens (including phenoxy) is 2. The predicted molar refractivity (Wildman–Crippen MR) is 108 cm³/mol. The van der Waals surface area contributed by atoms with Gasteiger partial charge in [0, 0.05) is 5.54 Å². The Labute approximate surface area is 158 Å². The molecular formula is C23H33NO2. The van der Waals surface area contributed by atoms with Gasteiger partial charge in [0.2, 0.25) is 0 Å². The molecule has 0 aliphatic carbocycles. The molecule has 2 unspecified atom stereocenters. The first-order chi connectivity index (χ1) is 12.2. The molecule has 2 aromatic rings. The summed E-state index contributed by atoms with van der Waals surface area (Å²) >= 11 is 0. The highest BCUT2D eigenvalue weighted by molar-refractivity contribution is 5.35. The zero-order valence-electron chi connectivity index (χ0n) is 17.0. The normalized spacial score (nSPS) is 14.3. The lowest BCUT2D eigenvalue weighted by Crippen LogP contribution is -2.31. The maximum Gasteiger partial charge on any atom is 0.197 e. The summed E-state index contributed by atoms with van der Waals surface area (Å²) in [6, 6.07) is 16.4. The average molecular weight is 356 g/mol. The predicted octanol–water partition coefficient (Wildman–Crippen LogP) is 5.58. The molecule has 0 aliphatic heterocycles. The van der Waals surface area contributed by atoms with Gasteiger partial charge in [-0.25, -0.2) is 0 Å². The highest BCUT2D eigenvalue weighted by Crippen LogP contribution is 2.30. The average Bonchev–Trinajstić information content (AvgIpc) is 2.55. The number of nitrogens with two attached hydrogens (primary N) is 1. The van der Waals surface area contributed by atoms with Crippen LogP contribution in [0.5, 0.6) is 5.75 Å². The fraction of sp³-hybridized carbons (Fsp3) is 0.478. The molecule has 26 heavy (non-hydrogen) atoms. The van der Waals surface area contributed by atoms with Crippen LogP contribution in [0.25, 0.3) is 0 Å². The van der Waals surface area contributed by atoms with Crippen molar-refractivity contribution >= 4 is 0 Å². The Balaban J connectivity index is 2.11. The van der Waals surface area contributed by atoms with Gasteiger partial charge >= 0.3 is 0 Å². The summed E-state index contributed by atoms with van der Waals surface area (Å²) in [6.45, 7) is 12.4. The van der Waals surface area contributed by atoms with Gasteiger partial charge in [0.15, 0.2) is 6.29 Å². The van der Waals surface area contributed by atoms with Crippen molar-refractivity contribution < 1.29 is 9.47 Å². The molecule has 0 fully saturated rings. The topological polar surface area (TPSA) is 44.5 Å². The minimum absolute atomic E-state index is 0.110. The number of benzene rings is 2. The summed E-state index contributed by atoms with van der Waals surface area (Å²) in [4.78, 5) is 0. The lowest BCUT2D eigenvalue weighted by molar-refractivity contribution is -0.104. The van der Waals surface area contributed by atoms with E-state index in [0.29, 0.717) is 5.92 Å². The van der Waals surface area contributed by atoms with Crippen molar-refractivity contribution in [3.63, 3.8) is 0 Å². The number of rotatable bonds is 8. The third-order valence-electron chi connectivity index (χ3n) is 4.38. The van der Waals surface area contributed by atoms with E-state index in [1.54, 1.807) is 0 Å². The van der Waals surface area contributed by atoms with Crippen LogP contribution in [0.2, 0.25) is 0 Å². The van der Waals surface area contributed by atoms with Gasteiger partial charge in [-0.05, 0) is 62.8 Å². The molecule has 0 spiro atoms. The molecular weight excluding hydrogens is 322 g/mol. The summed E-state index contributed by atoms with van der Waals surface area (Å²) in [5.74, 6) is 1.47. The molecule has 0 aliphatic rings. The van der Waals surface area contributed by atoms with Gasteiger partial charge in [0.25, 0.3) is 0 Å². The van der Waals surface area contributed by atoms with Crippen LogP contribution < -0.4 is 10.5 Å². The maximum absolute atomic E-state index is 6.33. The zero-order chi connectivity index (χ0) is 19.3. The Morgan fingerprint density at radius 1 is 0.923 bits per heavy atom. The Morgan fingerprint density at radius 2 is 1.54 bits per heavy atom. The van der Waals surface area contributed by atoms with Crippen LogP contribution in [-0.2, 0) is 16.7 Å². The smallest absolute Gasteiger partial charge is 0.197 e. The maximum atomic E-state index is 6.33. The second kappa shape index (κ2) is 8.70. The van der Waals surface area contributed by atoms with Crippen molar-refractivity contribution in [3.8, 4) is 5.75 Å². The Hall–Kier alpha value is -1.84. The standard InChI is InChI=1S/C23H33NO2/c1-16(2)15-19-11-7-10-14-22(19)26-18(4)25-17(3)20-12-8-9-13-21(20)23(5,6)24/h7-14,16-18H,15,24H2,1-6H3. The molecule has 3 heteroatoms. The van der Waals surface area contributed by atoms with Gasteiger partial charge in [-0.15, -0.1) is 0 Å². The molecule has 0 aromatic heterocycles. The summed E-state index contributed by atoms with van der Waals surface area (Å²) in [6.07, 6.45) is 0.524. The largest absolute Gasteiger partial charge is 0.465 e. The van der Waals surface area contributed by atoms with E-state index in [0.717, 1.165) is 23.3 Å². The summed E-state index contributed by atoms with van der Waals surface area (Å²) in [5.41, 5.74) is 9.33. The molecule has 3 nitrogen and oxygen atoms in total. The molecule has 2 rings (SSSR count). The third kappa shape index (κ3) is 5.58. The van der Waals surface area contributed by atoms with Crippen LogP contribution >= 0.6 is 0 Å². The molecule has 142 valence electrons. The highest BCUT2D eigenvalue weighted by atomic mass is 16.7. The van der Waals surface area contributed by atoms with Gasteiger partial charge in [-0.2, -0.15) is 0 Å². The van der Waals surface area contributed by atoms with E-state index in [1.807, 2.05) is 52.0 Å². The molecule has 0 heterocycles. The van der Waals surface area contributed by atoms with E-state index in [9.17, 15) is 0 Å². The fourth-order valence-electron chi connectivity index (χ4n) is 3.23. The number of hydrogen-bond acceptors (Lipinski definition) is 3. The van der Waals surface area contributed by atoms with Gasteiger partial charge < -0.3 is 15.2 Å². The first-order valence-electron chi connectivity index (χ1n) is 9.46. The van der Waals surface area contributed by atoms with E-state index in [4.69, 9.17) is 15.2 Å². The van der Waals surface area contributed by atoms with E-state index in [2.05, 4.69) is 38.1 Å². The van der Waals surface area contributed by atoms with E-state index < -0.39 is 5.54 Å². The van der Waals surface area contributed by atoms with E-state index in [1.165, 1.54) is 5.56 Å². The van der Waals surface area contributed by atoms with E-state index >= 15 is 0 Å². The van der Waals surface area contributed by atoms with Crippen LogP contribution in [0.1, 0.15) is 64.3 Å². The quantitative estimate of drug-likeness (QED) is 0.629. The first kappa shape index (κ1) is 20.5. The SMILES string of the molecule is CC(C)Cc1ccccc1OC(C)OC(C)c1ccccc1C(C)(C)N. The molecule has 0 amide bonds. The van der Waals surface area contributed by atoms with Gasteiger partial charge in [-0.3, -0.25) is 0 Å². The van der Waals surface area contributed by atoms with E-state index in [-0.39, 0.29) is 12.4 Å². The van der Waals surface area contributed by atoms with Crippen LogP contribution in [0.3, 0.4) is 0 Å². The van der Waals surface area contributed by atoms with Crippen molar-refractivity contribution in [2.75, 3.05) is 0 Å². The molecule has 0 saturated carbocycles. The van der Waals surface area contributed by atoms with Gasteiger partial charge in [0.05, 0.1) is 6.10 Å². The number of para-hydroxylation sites is 1. The Morgan fingerprint density at radius 3 is 2.19 bits per heavy atom. The van der Waals surface area contributed by atoms with Gasteiger partial charge in [0.1, 0.15) is 5.75 Å². The summed E-state index contributed by atoms with van der Waals surface area (Å²) < 4.78 is 12.3. The highest BCUT2D eigenvalue weighted by Gasteiger charge is 2.22. The van der Waals surface area contributed by atoms with Crippen molar-refractivity contribution in [2.24, 2.45) is 11.7 Å². The first-order valence-corrected chi connectivity index (χ1v) is 9.46. The van der Waals surface area contributed by atoms with Crippen molar-refractivity contribution in [1.29, 1.82) is 0 Å². The Kier molecular flexibility index (Phi) is 6.85. The zero-order valence-corrected chi connectivity index (χ0v) is 17.0. The van der Waals surface area contributed by atoms with Crippen LogP contribution in [0.15, 0.2) is 48.5 Å². The molecule has 0 bridgehead atoms. The van der Waals surface area contributed by atoms with Crippen LogP contribution in [0.4, 0.5) is 0 Å². The second-order valence-corrected chi connectivity index (χ2v) is 7.98. The fourth-order valence-corrected chi connectivity index (χ4v) is 3.23. The monoisotopic (exact) mass is 355 g/mol. The number of hydrogen-bond donors (Lipinski definition) is 1. The van der Waals surface area contributed by atoms with Crippen LogP contribution in [0, 0.1) is 5.92 Å². The lowest BCUT2D eigenvalue weighted by atomic mass is 9.89. The molecule has 2 aromatic carbocycles. The van der Waals surface area contributed by atoms with Crippen LogP contribution in [-0.4, -0.2) is 6.29 Å². The molecule has 2 N–H and O–H groups in total. The minimum Gasteiger partial charge on any atom is -0.465 e. The third-order valence-corrected chi connectivity index (χ3v) is 4.38. The lowest BCUT2D eigenvalue weighted by Gasteiger charge is -2.28. The van der Waals surface area contributed by atoms with Crippen molar-refractivity contribution in [3.05, 3.63) is 65.2 Å². The summed E-state index contributed by atoms with van der Waals surface area (Å²) in [5, 5.41) is 0. The van der Waals surface area contributed by atoms with Crippen molar-refractivity contribution in [1.82, 2.24) is 0 Å². The Bertz CT molecular complexity index is 703. The molecule has 0 radical (unpaired) electrons. The molecule has 0 saturated heterocycles. The minimum atomic E-state index is -0.415.